The lowest BCUT2D eigenvalue weighted by molar-refractivity contribution is -0.870. The van der Waals surface area contributed by atoms with E-state index >= 15 is 0 Å². The highest BCUT2D eigenvalue weighted by atomic mass is 31.2. The Labute approximate surface area is 476 Å². The first-order chi connectivity index (χ1) is 37.4. The molecule has 1 amide bonds. The number of carbonyl (C=O) groups excluding carboxylic acids is 2. The fourth-order valence-corrected chi connectivity index (χ4v) is 9.85. The van der Waals surface area contributed by atoms with E-state index in [0.717, 1.165) is 64.2 Å². The molecule has 0 spiro atoms. The molecule has 0 aliphatic carbocycles. The number of allylic oxidation sites excluding steroid dienone is 11. The maximum Gasteiger partial charge on any atom is 0.472 e. The Morgan fingerprint density at radius 2 is 0.805 bits per heavy atom. The van der Waals surface area contributed by atoms with E-state index in [1.165, 1.54) is 186 Å². The molecule has 0 aromatic carbocycles. The highest BCUT2D eigenvalue weighted by Crippen LogP contribution is 2.43. The molecular formula is C67H124N2O7P+. The second-order valence-corrected chi connectivity index (χ2v) is 24.4. The van der Waals surface area contributed by atoms with Gasteiger partial charge in [0.15, 0.2) is 0 Å². The lowest BCUT2D eigenvalue weighted by Gasteiger charge is -2.27. The minimum atomic E-state index is -4.46. The van der Waals surface area contributed by atoms with Gasteiger partial charge in [-0.25, -0.2) is 4.57 Å². The molecule has 448 valence electrons. The van der Waals surface area contributed by atoms with Crippen LogP contribution in [0.3, 0.4) is 0 Å². The molecule has 0 aliphatic heterocycles. The molecule has 2 N–H and O–H groups in total. The van der Waals surface area contributed by atoms with E-state index in [4.69, 9.17) is 13.8 Å². The first-order valence-corrected chi connectivity index (χ1v) is 33.8. The van der Waals surface area contributed by atoms with Crippen molar-refractivity contribution in [1.82, 2.24) is 5.32 Å². The largest absolute Gasteiger partial charge is 0.472 e. The van der Waals surface area contributed by atoms with Crippen molar-refractivity contribution in [2.75, 3.05) is 40.9 Å². The maximum atomic E-state index is 13.5. The minimum Gasteiger partial charge on any atom is -0.456 e. The van der Waals surface area contributed by atoms with Crippen LogP contribution in [0.4, 0.5) is 0 Å². The Bertz CT molecular complexity index is 1550. The normalized spacial score (nSPS) is 14.1. The number of phosphoric ester groups is 1. The molecule has 0 fully saturated rings. The lowest BCUT2D eigenvalue weighted by Crippen LogP contribution is -2.47. The fourth-order valence-electron chi connectivity index (χ4n) is 9.12. The van der Waals surface area contributed by atoms with Gasteiger partial charge in [0.1, 0.15) is 19.3 Å². The van der Waals surface area contributed by atoms with E-state index in [1.54, 1.807) is 0 Å². The third-order valence-electron chi connectivity index (χ3n) is 14.1. The smallest absolute Gasteiger partial charge is 0.456 e. The molecule has 10 heteroatoms. The first kappa shape index (κ1) is 74.5. The number of amides is 1. The van der Waals surface area contributed by atoms with E-state index in [2.05, 4.69) is 80.8 Å². The Hall–Kier alpha value is -2.55. The van der Waals surface area contributed by atoms with Crippen LogP contribution in [0.2, 0.25) is 0 Å². The number of hydrogen-bond acceptors (Lipinski definition) is 6. The van der Waals surface area contributed by atoms with Crippen LogP contribution >= 0.6 is 7.82 Å². The van der Waals surface area contributed by atoms with Crippen molar-refractivity contribution in [2.45, 2.75) is 303 Å². The van der Waals surface area contributed by atoms with Crippen molar-refractivity contribution in [3.63, 3.8) is 0 Å². The summed E-state index contributed by atoms with van der Waals surface area (Å²) in [5.41, 5.74) is 0. The van der Waals surface area contributed by atoms with E-state index in [1.807, 2.05) is 39.4 Å². The fraction of sp³-hybridized carbons (Fsp3) is 0.791. The van der Waals surface area contributed by atoms with E-state index in [0.29, 0.717) is 17.4 Å². The third kappa shape index (κ3) is 57.9. The Morgan fingerprint density at radius 3 is 1.23 bits per heavy atom. The highest BCUT2D eigenvalue weighted by Gasteiger charge is 2.30. The van der Waals surface area contributed by atoms with Crippen molar-refractivity contribution in [3.05, 3.63) is 72.9 Å². The second-order valence-electron chi connectivity index (χ2n) is 22.9. The van der Waals surface area contributed by atoms with Crippen LogP contribution in [-0.2, 0) is 27.9 Å². The number of carbonyl (C=O) groups is 2. The van der Waals surface area contributed by atoms with Gasteiger partial charge >= 0.3 is 13.8 Å². The SMILES string of the molecule is CCCCC/C=C\C/C=C\C/C=C\CCCCCCCCCCCCCCC(=O)OC(/C=C\CCCCCCCCCCCCC)C(COP(=O)(O)OCC[N+](C)(C)C)NC(=O)CC/C=C/C/C=C\CCCCCCCC. The number of hydrogen-bond donors (Lipinski definition) is 2. The summed E-state index contributed by atoms with van der Waals surface area (Å²) in [6.45, 7) is 6.95. The molecule has 9 nitrogen and oxygen atoms in total. The van der Waals surface area contributed by atoms with Crippen LogP contribution in [0.15, 0.2) is 72.9 Å². The van der Waals surface area contributed by atoms with Crippen molar-refractivity contribution in [2.24, 2.45) is 0 Å². The molecule has 0 aromatic heterocycles. The summed E-state index contributed by atoms with van der Waals surface area (Å²) in [5, 5.41) is 3.01. The molecule has 0 aromatic rings. The molecular weight excluding hydrogens is 976 g/mol. The molecule has 0 bridgehead atoms. The number of nitrogens with one attached hydrogen (secondary N) is 1. The molecule has 77 heavy (non-hydrogen) atoms. The van der Waals surface area contributed by atoms with Gasteiger partial charge in [-0.1, -0.05) is 261 Å². The van der Waals surface area contributed by atoms with Gasteiger partial charge in [-0.2, -0.15) is 0 Å². The number of nitrogens with zero attached hydrogens (tertiary/aromatic N) is 1. The van der Waals surface area contributed by atoms with E-state index in [-0.39, 0.29) is 37.9 Å². The molecule has 3 unspecified atom stereocenters. The summed E-state index contributed by atoms with van der Waals surface area (Å²) in [5.74, 6) is -0.581. The Morgan fingerprint density at radius 1 is 0.455 bits per heavy atom. The van der Waals surface area contributed by atoms with Gasteiger partial charge in [-0.05, 0) is 89.5 Å². The molecule has 3 atom stereocenters. The van der Waals surface area contributed by atoms with Crippen LogP contribution in [0.5, 0.6) is 0 Å². The van der Waals surface area contributed by atoms with Gasteiger partial charge < -0.3 is 19.4 Å². The van der Waals surface area contributed by atoms with Crippen molar-refractivity contribution < 1.29 is 37.3 Å². The van der Waals surface area contributed by atoms with Gasteiger partial charge in [-0.3, -0.25) is 18.6 Å². The topological polar surface area (TPSA) is 111 Å². The van der Waals surface area contributed by atoms with Gasteiger partial charge in [0, 0.05) is 12.8 Å². The molecule has 0 saturated carbocycles. The lowest BCUT2D eigenvalue weighted by atomic mass is 10.0. The van der Waals surface area contributed by atoms with E-state index in [9.17, 15) is 19.0 Å². The van der Waals surface area contributed by atoms with Crippen molar-refractivity contribution in [1.29, 1.82) is 0 Å². The summed E-state index contributed by atoms with van der Waals surface area (Å²) < 4.78 is 30.7. The standard InChI is InChI=1S/C67H123N2O7P/c1-7-10-13-16-19-22-25-28-29-30-31-32-33-34-35-36-37-38-39-42-45-48-51-54-57-60-67(71)76-65(58-55-52-49-46-43-40-26-23-20-17-14-11-8-2)64(63-75-77(72,73)74-62-61-69(4,5)6)68-66(70)59-56-53-50-47-44-41-27-24-21-18-15-12-9-3/h19,22,28-29,31-32,41,44,50,53,55,58,64-65H,7-18,20-21,23-27,30,33-40,42-43,45-49,51-52,54,56-57,59-63H2,1-6H3,(H-,68,70,72,73)/p+1/b22-19-,29-28-,32-31-,44-41-,53-50+,58-55-. The third-order valence-corrected chi connectivity index (χ3v) is 15.1. The zero-order valence-corrected chi connectivity index (χ0v) is 52.1. The zero-order chi connectivity index (χ0) is 56.4. The quantitative estimate of drug-likeness (QED) is 0.0205. The first-order valence-electron chi connectivity index (χ1n) is 32.3. The Kier molecular flexibility index (Phi) is 54.8. The van der Waals surface area contributed by atoms with Crippen LogP contribution in [0.25, 0.3) is 0 Å². The summed E-state index contributed by atoms with van der Waals surface area (Å²) in [6, 6.07) is -0.881. The average molecular weight is 1100 g/mol. The second kappa shape index (κ2) is 56.7. The zero-order valence-electron chi connectivity index (χ0n) is 51.2. The predicted molar refractivity (Wildman–Crippen MR) is 332 cm³/mol. The van der Waals surface area contributed by atoms with Crippen LogP contribution in [0, 0.1) is 0 Å². The molecule has 0 radical (unpaired) electrons. The number of esters is 1. The summed E-state index contributed by atoms with van der Waals surface area (Å²) >= 11 is 0. The molecule has 0 heterocycles. The van der Waals surface area contributed by atoms with Crippen LogP contribution in [0.1, 0.15) is 290 Å². The monoisotopic (exact) mass is 1100 g/mol. The van der Waals surface area contributed by atoms with Gasteiger partial charge in [0.25, 0.3) is 0 Å². The number of ether oxygens (including phenoxy) is 1. The van der Waals surface area contributed by atoms with E-state index < -0.39 is 20.0 Å². The summed E-state index contributed by atoms with van der Waals surface area (Å²) in [4.78, 5) is 37.7. The van der Waals surface area contributed by atoms with Gasteiger partial charge in [0.05, 0.1) is 33.8 Å². The van der Waals surface area contributed by atoms with Crippen molar-refractivity contribution >= 4 is 19.7 Å². The molecule has 0 saturated heterocycles. The molecule has 0 rings (SSSR count). The average Bonchev–Trinajstić information content (AvgIpc) is 3.39. The summed E-state index contributed by atoms with van der Waals surface area (Å²) in [7, 11) is 1.46. The number of quaternary nitrogens is 1. The Balaban J connectivity index is 5.17. The van der Waals surface area contributed by atoms with Crippen LogP contribution in [-0.4, -0.2) is 74.3 Å². The minimum absolute atomic E-state index is 0.0294. The molecule has 0 aliphatic rings. The number of rotatable bonds is 58. The van der Waals surface area contributed by atoms with Gasteiger partial charge in [-0.15, -0.1) is 0 Å². The van der Waals surface area contributed by atoms with Crippen LogP contribution < -0.4 is 5.32 Å². The predicted octanol–water partition coefficient (Wildman–Crippen LogP) is 20.0. The highest BCUT2D eigenvalue weighted by molar-refractivity contribution is 7.47. The maximum absolute atomic E-state index is 13.5. The number of phosphoric acid groups is 1. The number of likely N-dealkylation sites (N-methyl/N-ethyl adjacent to an activating group) is 1. The van der Waals surface area contributed by atoms with Gasteiger partial charge in [0.2, 0.25) is 5.91 Å². The summed E-state index contributed by atoms with van der Waals surface area (Å²) in [6.07, 6.45) is 73.5. The van der Waals surface area contributed by atoms with Crippen molar-refractivity contribution in [3.8, 4) is 0 Å². The number of unbranched alkanes of at least 4 members (excludes halogenated alkanes) is 32.